The van der Waals surface area contributed by atoms with E-state index in [9.17, 15) is 9.59 Å². The fourth-order valence-corrected chi connectivity index (χ4v) is 3.02. The summed E-state index contributed by atoms with van der Waals surface area (Å²) in [7, 11) is 1.59. The number of amides is 2. The van der Waals surface area contributed by atoms with E-state index in [1.54, 1.807) is 38.2 Å². The second-order valence-corrected chi connectivity index (χ2v) is 6.91. The lowest BCUT2D eigenvalue weighted by Gasteiger charge is -2.18. The Bertz CT molecular complexity index is 1030. The fraction of sp³-hybridized carbons (Fsp3) is 0.190. The van der Waals surface area contributed by atoms with Crippen LogP contribution in [0.4, 0.5) is 5.69 Å². The number of hydrogen-bond acceptors (Lipinski definition) is 3. The van der Waals surface area contributed by atoms with E-state index in [0.717, 1.165) is 16.5 Å². The maximum absolute atomic E-state index is 12.8. The molecule has 0 saturated heterocycles. The Morgan fingerprint density at radius 1 is 1.11 bits per heavy atom. The fourth-order valence-electron chi connectivity index (χ4n) is 2.84. The van der Waals surface area contributed by atoms with Crippen molar-refractivity contribution < 1.29 is 9.59 Å². The van der Waals surface area contributed by atoms with Crippen molar-refractivity contribution in [3.63, 3.8) is 0 Å². The lowest BCUT2D eigenvalue weighted by atomic mass is 10.1. The number of halogens is 1. The van der Waals surface area contributed by atoms with E-state index < -0.39 is 0 Å². The number of rotatable bonds is 4. The molecule has 138 valence electrons. The first-order valence-electron chi connectivity index (χ1n) is 8.53. The van der Waals surface area contributed by atoms with Gasteiger partial charge < -0.3 is 10.2 Å². The molecule has 0 spiro atoms. The number of pyridine rings is 1. The first-order chi connectivity index (χ1) is 12.8. The number of likely N-dealkylation sites (N-methyl/N-ethyl adjacent to an activating group) is 1. The molecule has 0 radical (unpaired) electrons. The van der Waals surface area contributed by atoms with Crippen LogP contribution in [0, 0.1) is 13.8 Å². The predicted octanol–water partition coefficient (Wildman–Crippen LogP) is 4.22. The molecule has 0 saturated carbocycles. The largest absolute Gasteiger partial charge is 0.332 e. The molecule has 1 heterocycles. The van der Waals surface area contributed by atoms with Crippen molar-refractivity contribution in [2.45, 2.75) is 13.8 Å². The van der Waals surface area contributed by atoms with Crippen LogP contribution in [0.15, 0.2) is 48.5 Å². The monoisotopic (exact) mass is 381 g/mol. The van der Waals surface area contributed by atoms with Gasteiger partial charge in [-0.2, -0.15) is 0 Å². The zero-order chi connectivity index (χ0) is 19.6. The second kappa shape index (κ2) is 7.76. The number of para-hydroxylation sites is 1. The Labute approximate surface area is 163 Å². The van der Waals surface area contributed by atoms with Crippen LogP contribution in [0.3, 0.4) is 0 Å². The Morgan fingerprint density at radius 2 is 1.85 bits per heavy atom. The molecule has 3 aromatic rings. The van der Waals surface area contributed by atoms with Gasteiger partial charge in [0, 0.05) is 12.4 Å². The van der Waals surface area contributed by atoms with Crippen LogP contribution < -0.4 is 5.32 Å². The average molecular weight is 382 g/mol. The molecule has 1 N–H and O–H groups in total. The molecule has 0 atom stereocenters. The molecule has 0 bridgehead atoms. The number of aryl methyl sites for hydroxylation is 2. The van der Waals surface area contributed by atoms with Crippen molar-refractivity contribution in [1.82, 2.24) is 9.88 Å². The van der Waals surface area contributed by atoms with Gasteiger partial charge in [-0.3, -0.25) is 14.6 Å². The second-order valence-electron chi connectivity index (χ2n) is 6.51. The first kappa shape index (κ1) is 18.9. The molecule has 0 fully saturated rings. The summed E-state index contributed by atoms with van der Waals surface area (Å²) in [5.74, 6) is -0.572. The number of hydrogen-bond donors (Lipinski definition) is 1. The van der Waals surface area contributed by atoms with E-state index in [1.165, 1.54) is 4.90 Å². The highest BCUT2D eigenvalue weighted by Gasteiger charge is 2.18. The minimum Gasteiger partial charge on any atom is -0.332 e. The topological polar surface area (TPSA) is 62.3 Å². The predicted molar refractivity (Wildman–Crippen MR) is 108 cm³/mol. The van der Waals surface area contributed by atoms with E-state index in [-0.39, 0.29) is 18.4 Å². The maximum Gasteiger partial charge on any atom is 0.255 e. The highest BCUT2D eigenvalue weighted by atomic mass is 35.5. The lowest BCUT2D eigenvalue weighted by molar-refractivity contribution is -0.116. The number of carbonyl (C=O) groups is 2. The molecule has 1 aromatic heterocycles. The summed E-state index contributed by atoms with van der Waals surface area (Å²) in [4.78, 5) is 31.0. The van der Waals surface area contributed by atoms with E-state index in [1.807, 2.05) is 31.2 Å². The van der Waals surface area contributed by atoms with Crippen molar-refractivity contribution in [1.29, 1.82) is 0 Å². The Balaban J connectivity index is 1.76. The average Bonchev–Trinajstić information content (AvgIpc) is 2.62. The van der Waals surface area contributed by atoms with Crippen LogP contribution in [0.25, 0.3) is 10.9 Å². The number of nitrogens with one attached hydrogen (secondary N) is 1. The van der Waals surface area contributed by atoms with E-state index in [4.69, 9.17) is 11.6 Å². The van der Waals surface area contributed by atoms with Crippen LogP contribution in [0.5, 0.6) is 0 Å². The van der Waals surface area contributed by atoms with Crippen LogP contribution in [0.2, 0.25) is 5.02 Å². The molecular weight excluding hydrogens is 362 g/mol. The standard InChI is InChI=1S/C21H20ClN3O2/c1-13-8-9-15-11-16(14(2)23-19(15)10-13)21(27)25(3)12-20(26)24-18-7-5-4-6-17(18)22/h4-11H,12H2,1-3H3,(H,24,26). The van der Waals surface area contributed by atoms with E-state index in [0.29, 0.717) is 22.0 Å². The van der Waals surface area contributed by atoms with Gasteiger partial charge in [-0.1, -0.05) is 35.9 Å². The number of benzene rings is 2. The molecule has 2 aromatic carbocycles. The molecule has 0 aliphatic rings. The molecule has 0 aliphatic carbocycles. The van der Waals surface area contributed by atoms with Gasteiger partial charge in [-0.15, -0.1) is 0 Å². The first-order valence-corrected chi connectivity index (χ1v) is 8.91. The molecule has 6 heteroatoms. The van der Waals surface area contributed by atoms with Crippen molar-refractivity contribution in [2.75, 3.05) is 18.9 Å². The summed E-state index contributed by atoms with van der Waals surface area (Å²) >= 11 is 6.05. The summed E-state index contributed by atoms with van der Waals surface area (Å²) in [5.41, 5.74) is 3.60. The number of aromatic nitrogens is 1. The molecule has 5 nitrogen and oxygen atoms in total. The number of nitrogens with zero attached hydrogens (tertiary/aromatic N) is 2. The highest BCUT2D eigenvalue weighted by Crippen LogP contribution is 2.21. The van der Waals surface area contributed by atoms with Gasteiger partial charge in [0.15, 0.2) is 0 Å². The number of fused-ring (bicyclic) bond motifs is 1. The normalized spacial score (nSPS) is 10.7. The van der Waals surface area contributed by atoms with Crippen LogP contribution >= 0.6 is 11.6 Å². The zero-order valence-electron chi connectivity index (χ0n) is 15.4. The Kier molecular flexibility index (Phi) is 5.42. The zero-order valence-corrected chi connectivity index (χ0v) is 16.2. The minimum absolute atomic E-state index is 0.0879. The van der Waals surface area contributed by atoms with Gasteiger partial charge in [0.25, 0.3) is 5.91 Å². The SMILES string of the molecule is Cc1ccc2cc(C(=O)N(C)CC(=O)Nc3ccccc3Cl)c(C)nc2c1. The molecule has 27 heavy (non-hydrogen) atoms. The molecule has 3 rings (SSSR count). The van der Waals surface area contributed by atoms with Crippen molar-refractivity contribution in [3.05, 3.63) is 70.4 Å². The highest BCUT2D eigenvalue weighted by molar-refractivity contribution is 6.33. The van der Waals surface area contributed by atoms with Crippen LogP contribution in [-0.4, -0.2) is 35.3 Å². The maximum atomic E-state index is 12.8. The van der Waals surface area contributed by atoms with E-state index in [2.05, 4.69) is 10.3 Å². The third kappa shape index (κ3) is 4.26. The molecular formula is C21H20ClN3O2. The molecule has 0 unspecified atom stereocenters. The van der Waals surface area contributed by atoms with Crippen molar-refractivity contribution in [2.24, 2.45) is 0 Å². The van der Waals surface area contributed by atoms with Gasteiger partial charge in [-0.25, -0.2) is 0 Å². The van der Waals surface area contributed by atoms with Crippen molar-refractivity contribution >= 4 is 40.0 Å². The van der Waals surface area contributed by atoms with Gasteiger partial charge in [0.05, 0.1) is 34.0 Å². The van der Waals surface area contributed by atoms with Crippen LogP contribution in [-0.2, 0) is 4.79 Å². The van der Waals surface area contributed by atoms with Gasteiger partial charge >= 0.3 is 0 Å². The summed E-state index contributed by atoms with van der Waals surface area (Å²) in [6.45, 7) is 3.71. The lowest BCUT2D eigenvalue weighted by Crippen LogP contribution is -2.35. The minimum atomic E-state index is -0.319. The Morgan fingerprint density at radius 3 is 2.59 bits per heavy atom. The van der Waals surface area contributed by atoms with Gasteiger partial charge in [0.2, 0.25) is 5.91 Å². The van der Waals surface area contributed by atoms with Gasteiger partial charge in [-0.05, 0) is 43.7 Å². The van der Waals surface area contributed by atoms with E-state index >= 15 is 0 Å². The summed E-state index contributed by atoms with van der Waals surface area (Å²) in [6, 6.07) is 14.7. The smallest absolute Gasteiger partial charge is 0.255 e. The van der Waals surface area contributed by atoms with Crippen molar-refractivity contribution in [3.8, 4) is 0 Å². The summed E-state index contributed by atoms with van der Waals surface area (Å²) in [5, 5.41) is 4.06. The summed E-state index contributed by atoms with van der Waals surface area (Å²) in [6.07, 6.45) is 0. The molecule has 2 amide bonds. The Hall–Kier alpha value is -2.92. The third-order valence-corrected chi connectivity index (χ3v) is 4.60. The quantitative estimate of drug-likeness (QED) is 0.736. The summed E-state index contributed by atoms with van der Waals surface area (Å²) < 4.78 is 0. The number of anilines is 1. The van der Waals surface area contributed by atoms with Crippen LogP contribution in [0.1, 0.15) is 21.6 Å². The molecule has 0 aliphatic heterocycles. The number of carbonyl (C=O) groups excluding carboxylic acids is 2. The third-order valence-electron chi connectivity index (χ3n) is 4.27. The van der Waals surface area contributed by atoms with Gasteiger partial charge in [0.1, 0.15) is 0 Å².